The Morgan fingerprint density at radius 2 is 1.23 bits per heavy atom. The lowest BCUT2D eigenvalue weighted by Gasteiger charge is -2.29. The van der Waals surface area contributed by atoms with Gasteiger partial charge in [0.05, 0.1) is 4.90 Å². The van der Waals surface area contributed by atoms with Crippen molar-refractivity contribution in [3.8, 4) is 0 Å². The Hall–Kier alpha value is -2.00. The molecule has 0 aliphatic heterocycles. The Bertz CT molecular complexity index is 860. The van der Waals surface area contributed by atoms with Gasteiger partial charge in [-0.2, -0.15) is 26.7 Å². The molecule has 26 heavy (non-hydrogen) atoms. The molecule has 2 aromatic rings. The lowest BCUT2D eigenvalue weighted by Crippen LogP contribution is -2.49. The fourth-order valence-corrected chi connectivity index (χ4v) is 3.44. The minimum atomic E-state index is -5.93. The predicted molar refractivity (Wildman–Crippen MR) is 86.4 cm³/mol. The van der Waals surface area contributed by atoms with Gasteiger partial charge in [-0.05, 0) is 31.5 Å². The summed E-state index contributed by atoms with van der Waals surface area (Å²) in [4.78, 5) is -0.404. The van der Waals surface area contributed by atoms with E-state index < -0.39 is 38.6 Å². The van der Waals surface area contributed by atoms with E-state index in [1.54, 1.807) is 13.8 Å². The average molecular weight is 393 g/mol. The second kappa shape index (κ2) is 6.96. The zero-order valence-corrected chi connectivity index (χ0v) is 14.6. The van der Waals surface area contributed by atoms with Gasteiger partial charge in [-0.15, -0.1) is 0 Å². The van der Waals surface area contributed by atoms with E-state index in [1.807, 2.05) is 0 Å². The van der Waals surface area contributed by atoms with Crippen LogP contribution in [0.4, 0.5) is 22.0 Å². The van der Waals surface area contributed by atoms with Crippen LogP contribution in [-0.2, 0) is 10.0 Å². The summed E-state index contributed by atoms with van der Waals surface area (Å²) in [5.41, 5.74) is 0.845. The third-order valence-corrected chi connectivity index (χ3v) is 5.19. The molecule has 9 heteroatoms. The van der Waals surface area contributed by atoms with Crippen molar-refractivity contribution in [1.29, 1.82) is 0 Å². The summed E-state index contributed by atoms with van der Waals surface area (Å²) < 4.78 is 93.0. The number of hydrogen-bond acceptors (Lipinski definition) is 2. The first-order valence-electron chi connectivity index (χ1n) is 7.45. The Kier molecular flexibility index (Phi) is 5.44. The van der Waals surface area contributed by atoms with Crippen LogP contribution in [-0.4, -0.2) is 20.5 Å². The third-order valence-electron chi connectivity index (χ3n) is 3.76. The number of benzene rings is 2. The van der Waals surface area contributed by atoms with Crippen LogP contribution in [0.25, 0.3) is 0 Å². The summed E-state index contributed by atoms with van der Waals surface area (Å²) in [5.74, 6) is -5.31. The van der Waals surface area contributed by atoms with Crippen LogP contribution in [0, 0.1) is 13.8 Å². The number of alkyl halides is 5. The van der Waals surface area contributed by atoms with Crippen LogP contribution in [0.1, 0.15) is 22.7 Å². The number of aryl methyl sites for hydroxylation is 2. The van der Waals surface area contributed by atoms with Crippen LogP contribution in [0.15, 0.2) is 53.4 Å². The highest BCUT2D eigenvalue weighted by atomic mass is 32.2. The molecule has 0 bridgehead atoms. The second-order valence-electron chi connectivity index (χ2n) is 5.90. The van der Waals surface area contributed by atoms with Crippen molar-refractivity contribution < 1.29 is 30.4 Å². The Morgan fingerprint density at radius 1 is 0.808 bits per heavy atom. The number of sulfonamides is 1. The molecule has 3 nitrogen and oxygen atoms in total. The molecule has 0 saturated heterocycles. The van der Waals surface area contributed by atoms with E-state index in [4.69, 9.17) is 0 Å². The first-order valence-corrected chi connectivity index (χ1v) is 8.93. The molecule has 0 spiro atoms. The van der Waals surface area contributed by atoms with Gasteiger partial charge in [0.25, 0.3) is 0 Å². The maximum Gasteiger partial charge on any atom is 0.455 e. The van der Waals surface area contributed by atoms with Gasteiger partial charge < -0.3 is 0 Å². The second-order valence-corrected chi connectivity index (χ2v) is 7.61. The number of nitrogens with one attached hydrogen (secondary N) is 1. The summed E-state index contributed by atoms with van der Waals surface area (Å²) >= 11 is 0. The van der Waals surface area contributed by atoms with Crippen LogP contribution >= 0.6 is 0 Å². The molecular formula is C17H16F5NO2S. The van der Waals surface area contributed by atoms with Crippen LogP contribution < -0.4 is 4.72 Å². The standard InChI is InChI=1S/C17H16F5NO2S/c1-11-3-7-13(8-4-11)15(16(18,19)17(20,21)22)23-26(24,25)14-9-5-12(2)6-10-14/h3-10,15,23H,1-2H3. The number of hydrogen-bond donors (Lipinski definition) is 1. The largest absolute Gasteiger partial charge is 0.455 e. The van der Waals surface area contributed by atoms with E-state index in [0.29, 0.717) is 11.1 Å². The third kappa shape index (κ3) is 4.21. The fraction of sp³-hybridized carbons (Fsp3) is 0.294. The van der Waals surface area contributed by atoms with Crippen LogP contribution in [0.2, 0.25) is 0 Å². The van der Waals surface area contributed by atoms with Crippen molar-refractivity contribution in [2.75, 3.05) is 0 Å². The maximum atomic E-state index is 14.0. The van der Waals surface area contributed by atoms with Gasteiger partial charge in [-0.1, -0.05) is 47.5 Å². The molecule has 1 N–H and O–H groups in total. The van der Waals surface area contributed by atoms with E-state index >= 15 is 0 Å². The van der Waals surface area contributed by atoms with Crippen molar-refractivity contribution in [2.45, 2.75) is 36.9 Å². The molecule has 0 aliphatic rings. The normalized spacial score (nSPS) is 14.3. The van der Waals surface area contributed by atoms with Gasteiger partial charge >= 0.3 is 12.1 Å². The highest BCUT2D eigenvalue weighted by Gasteiger charge is 2.63. The van der Waals surface area contributed by atoms with Gasteiger partial charge in [-0.25, -0.2) is 8.42 Å². The Morgan fingerprint density at radius 3 is 1.65 bits per heavy atom. The van der Waals surface area contributed by atoms with Crippen molar-refractivity contribution in [3.05, 3.63) is 65.2 Å². The molecule has 0 saturated carbocycles. The van der Waals surface area contributed by atoms with Gasteiger partial charge in [0, 0.05) is 0 Å². The first-order chi connectivity index (χ1) is 11.8. The number of halogens is 5. The van der Waals surface area contributed by atoms with Gasteiger partial charge in [0.15, 0.2) is 0 Å². The number of rotatable bonds is 5. The van der Waals surface area contributed by atoms with Crippen molar-refractivity contribution >= 4 is 10.0 Å². The molecule has 0 heterocycles. The molecule has 142 valence electrons. The van der Waals surface area contributed by atoms with E-state index in [-0.39, 0.29) is 0 Å². The Labute approximate surface area is 147 Å². The van der Waals surface area contributed by atoms with Crippen LogP contribution in [0.5, 0.6) is 0 Å². The molecule has 2 rings (SSSR count). The van der Waals surface area contributed by atoms with E-state index in [1.165, 1.54) is 29.0 Å². The van der Waals surface area contributed by atoms with Gasteiger partial charge in [0.1, 0.15) is 6.04 Å². The quantitative estimate of drug-likeness (QED) is 0.760. The molecule has 2 aromatic carbocycles. The van der Waals surface area contributed by atoms with Gasteiger partial charge in [-0.3, -0.25) is 0 Å². The van der Waals surface area contributed by atoms with Crippen molar-refractivity contribution in [3.63, 3.8) is 0 Å². The Balaban J connectivity index is 2.51. The van der Waals surface area contributed by atoms with Crippen molar-refractivity contribution in [2.24, 2.45) is 0 Å². The molecule has 1 atom stereocenters. The molecular weight excluding hydrogens is 377 g/mol. The topological polar surface area (TPSA) is 46.2 Å². The highest BCUT2D eigenvalue weighted by Crippen LogP contribution is 2.45. The molecule has 0 amide bonds. The fourth-order valence-electron chi connectivity index (χ4n) is 2.21. The summed E-state index contributed by atoms with van der Waals surface area (Å²) in [6, 6.07) is 7.03. The first kappa shape index (κ1) is 20.3. The highest BCUT2D eigenvalue weighted by molar-refractivity contribution is 7.89. The van der Waals surface area contributed by atoms with E-state index in [9.17, 15) is 30.4 Å². The summed E-state index contributed by atoms with van der Waals surface area (Å²) in [7, 11) is -4.61. The van der Waals surface area contributed by atoms with Crippen LogP contribution in [0.3, 0.4) is 0 Å². The van der Waals surface area contributed by atoms with Gasteiger partial charge in [0.2, 0.25) is 10.0 Å². The predicted octanol–water partition coefficient (Wildman–Crippen LogP) is 4.52. The van der Waals surface area contributed by atoms with Crippen molar-refractivity contribution in [1.82, 2.24) is 4.72 Å². The lowest BCUT2D eigenvalue weighted by molar-refractivity contribution is -0.292. The monoisotopic (exact) mass is 393 g/mol. The summed E-state index contributed by atoms with van der Waals surface area (Å²) in [6.07, 6.45) is -5.93. The SMILES string of the molecule is Cc1ccc(C(NS(=O)(=O)c2ccc(C)cc2)C(F)(F)C(F)(F)F)cc1. The molecule has 0 fully saturated rings. The zero-order chi connectivity index (χ0) is 19.8. The van der Waals surface area contributed by atoms with E-state index in [0.717, 1.165) is 24.3 Å². The zero-order valence-electron chi connectivity index (χ0n) is 13.8. The minimum Gasteiger partial charge on any atom is -0.207 e. The minimum absolute atomic E-state index is 0.404. The van der Waals surface area contributed by atoms with E-state index in [2.05, 4.69) is 0 Å². The lowest BCUT2D eigenvalue weighted by atomic mass is 10.00. The summed E-state index contributed by atoms with van der Waals surface area (Å²) in [6.45, 7) is 3.30. The molecule has 0 radical (unpaired) electrons. The molecule has 1 unspecified atom stereocenters. The average Bonchev–Trinajstić information content (AvgIpc) is 2.53. The molecule has 0 aromatic heterocycles. The molecule has 0 aliphatic carbocycles. The maximum absolute atomic E-state index is 14.0. The summed E-state index contributed by atoms with van der Waals surface area (Å²) in [5, 5.41) is 0. The smallest absolute Gasteiger partial charge is 0.207 e.